The van der Waals surface area contributed by atoms with E-state index < -0.39 is 10.0 Å². The van der Waals surface area contributed by atoms with Gasteiger partial charge in [0.2, 0.25) is 10.0 Å². The Morgan fingerprint density at radius 3 is 2.39 bits per heavy atom. The molecule has 8 heteroatoms. The number of ether oxygens (including phenoxy) is 1. The van der Waals surface area contributed by atoms with Crippen LogP contribution in [0.4, 0.5) is 0 Å². The number of sulfonamides is 1. The van der Waals surface area contributed by atoms with Crippen LogP contribution in [-0.4, -0.2) is 69.2 Å². The molecule has 1 fully saturated rings. The van der Waals surface area contributed by atoms with Gasteiger partial charge in [0.05, 0.1) is 11.5 Å². The fourth-order valence-corrected chi connectivity index (χ4v) is 4.07. The van der Waals surface area contributed by atoms with E-state index in [0.717, 1.165) is 5.56 Å². The third kappa shape index (κ3) is 4.63. The molecule has 0 spiro atoms. The maximum absolute atomic E-state index is 12.6. The minimum Gasteiger partial charge on any atom is -0.383 e. The van der Waals surface area contributed by atoms with Crippen molar-refractivity contribution in [2.24, 2.45) is 0 Å². The van der Waals surface area contributed by atoms with Crippen molar-refractivity contribution in [2.45, 2.75) is 11.8 Å². The lowest BCUT2D eigenvalue weighted by atomic mass is 10.2. The van der Waals surface area contributed by atoms with Crippen molar-refractivity contribution in [3.8, 4) is 0 Å². The fourth-order valence-electron chi connectivity index (χ4n) is 2.36. The molecule has 1 aliphatic rings. The number of aryl methyl sites for hydroxylation is 1. The van der Waals surface area contributed by atoms with E-state index in [2.05, 4.69) is 5.32 Å². The molecule has 0 bridgehead atoms. The van der Waals surface area contributed by atoms with Crippen molar-refractivity contribution in [1.82, 2.24) is 14.5 Å². The fraction of sp³-hybridized carbons (Fsp3) is 0.533. The van der Waals surface area contributed by atoms with Gasteiger partial charge in [-0.05, 0) is 31.3 Å². The number of nitrogens with one attached hydrogen (secondary N) is 1. The average molecular weight is 358 g/mol. The number of piperazine rings is 1. The second-order valence-electron chi connectivity index (χ2n) is 5.43. The van der Waals surface area contributed by atoms with Gasteiger partial charge in [0.25, 0.3) is 0 Å². The predicted octanol–water partition coefficient (Wildman–Crippen LogP) is 0.822. The van der Waals surface area contributed by atoms with Crippen LogP contribution in [0.3, 0.4) is 0 Å². The predicted molar refractivity (Wildman–Crippen MR) is 94.0 cm³/mol. The van der Waals surface area contributed by atoms with Gasteiger partial charge in [-0.15, -0.1) is 0 Å². The molecule has 1 aromatic carbocycles. The van der Waals surface area contributed by atoms with Gasteiger partial charge in [0.15, 0.2) is 5.11 Å². The number of thiocarbonyl (C=S) groups is 1. The van der Waals surface area contributed by atoms with E-state index in [9.17, 15) is 8.42 Å². The highest BCUT2D eigenvalue weighted by Gasteiger charge is 2.29. The van der Waals surface area contributed by atoms with E-state index in [1.807, 2.05) is 24.0 Å². The Morgan fingerprint density at radius 2 is 1.83 bits per heavy atom. The zero-order chi connectivity index (χ0) is 16.9. The minimum absolute atomic E-state index is 0.345. The van der Waals surface area contributed by atoms with Crippen LogP contribution in [-0.2, 0) is 14.8 Å². The molecule has 1 aromatic rings. The number of benzene rings is 1. The first-order chi connectivity index (χ1) is 10.9. The molecule has 0 aromatic heterocycles. The molecule has 1 heterocycles. The van der Waals surface area contributed by atoms with Crippen molar-refractivity contribution in [1.29, 1.82) is 0 Å². The summed E-state index contributed by atoms with van der Waals surface area (Å²) < 4.78 is 31.7. The van der Waals surface area contributed by atoms with E-state index in [1.165, 1.54) is 4.31 Å². The molecule has 0 saturated carbocycles. The molecular weight excluding hydrogens is 334 g/mol. The van der Waals surface area contributed by atoms with E-state index in [1.54, 1.807) is 19.2 Å². The molecule has 128 valence electrons. The number of hydrogen-bond acceptors (Lipinski definition) is 4. The SMILES string of the molecule is COCCNC(=S)N1CCN(S(=O)(=O)c2ccc(C)cc2)CC1. The number of methoxy groups -OCH3 is 1. The maximum atomic E-state index is 12.6. The lowest BCUT2D eigenvalue weighted by Crippen LogP contribution is -2.53. The highest BCUT2D eigenvalue weighted by Crippen LogP contribution is 2.18. The summed E-state index contributed by atoms with van der Waals surface area (Å²) in [5.41, 5.74) is 1.04. The molecule has 0 amide bonds. The zero-order valence-corrected chi connectivity index (χ0v) is 15.1. The molecule has 1 aliphatic heterocycles. The first-order valence-electron chi connectivity index (χ1n) is 7.53. The Labute approximate surface area is 143 Å². The maximum Gasteiger partial charge on any atom is 0.243 e. The molecular formula is C15H23N3O3S2. The lowest BCUT2D eigenvalue weighted by molar-refractivity contribution is 0.201. The summed E-state index contributed by atoms with van der Waals surface area (Å²) in [5, 5.41) is 3.76. The smallest absolute Gasteiger partial charge is 0.243 e. The molecule has 0 unspecified atom stereocenters. The van der Waals surface area contributed by atoms with Crippen molar-refractivity contribution in [2.75, 3.05) is 46.4 Å². The second-order valence-corrected chi connectivity index (χ2v) is 7.75. The van der Waals surface area contributed by atoms with Crippen LogP contribution >= 0.6 is 12.2 Å². The topological polar surface area (TPSA) is 61.9 Å². The first-order valence-corrected chi connectivity index (χ1v) is 9.38. The van der Waals surface area contributed by atoms with Crippen LogP contribution in [0.25, 0.3) is 0 Å². The Hall–Kier alpha value is -1.22. The minimum atomic E-state index is -3.43. The molecule has 1 saturated heterocycles. The first kappa shape index (κ1) is 18.1. The Balaban J connectivity index is 1.93. The summed E-state index contributed by atoms with van der Waals surface area (Å²) in [7, 11) is -1.79. The van der Waals surface area contributed by atoms with Gasteiger partial charge in [-0.25, -0.2) is 8.42 Å². The van der Waals surface area contributed by atoms with Gasteiger partial charge in [0, 0.05) is 39.8 Å². The molecule has 2 rings (SSSR count). The second kappa shape index (κ2) is 8.05. The van der Waals surface area contributed by atoms with E-state index in [0.29, 0.717) is 49.3 Å². The van der Waals surface area contributed by atoms with Crippen LogP contribution < -0.4 is 5.32 Å². The van der Waals surface area contributed by atoms with Gasteiger partial charge >= 0.3 is 0 Å². The molecule has 0 atom stereocenters. The van der Waals surface area contributed by atoms with Crippen LogP contribution in [0.15, 0.2) is 29.2 Å². The van der Waals surface area contributed by atoms with Crippen LogP contribution in [0, 0.1) is 6.92 Å². The third-order valence-electron chi connectivity index (χ3n) is 3.77. The summed E-state index contributed by atoms with van der Waals surface area (Å²) in [5.74, 6) is 0. The molecule has 0 aliphatic carbocycles. The summed E-state index contributed by atoms with van der Waals surface area (Å²) in [6.07, 6.45) is 0. The van der Waals surface area contributed by atoms with Crippen molar-refractivity contribution in [3.05, 3.63) is 29.8 Å². The van der Waals surface area contributed by atoms with Gasteiger partial charge in [0.1, 0.15) is 0 Å². The van der Waals surface area contributed by atoms with Gasteiger partial charge in [-0.3, -0.25) is 0 Å². The van der Waals surface area contributed by atoms with E-state index >= 15 is 0 Å². The molecule has 6 nitrogen and oxygen atoms in total. The highest BCUT2D eigenvalue weighted by atomic mass is 32.2. The van der Waals surface area contributed by atoms with Crippen LogP contribution in [0.5, 0.6) is 0 Å². The summed E-state index contributed by atoms with van der Waals surface area (Å²) >= 11 is 5.32. The van der Waals surface area contributed by atoms with Gasteiger partial charge in [-0.2, -0.15) is 4.31 Å². The van der Waals surface area contributed by atoms with Crippen molar-refractivity contribution < 1.29 is 13.2 Å². The largest absolute Gasteiger partial charge is 0.383 e. The summed E-state index contributed by atoms with van der Waals surface area (Å²) in [4.78, 5) is 2.34. The number of nitrogens with zero attached hydrogens (tertiary/aromatic N) is 2. The quantitative estimate of drug-likeness (QED) is 0.622. The molecule has 23 heavy (non-hydrogen) atoms. The van der Waals surface area contributed by atoms with E-state index in [4.69, 9.17) is 17.0 Å². The molecule has 0 radical (unpaired) electrons. The Morgan fingerprint density at radius 1 is 1.22 bits per heavy atom. The van der Waals surface area contributed by atoms with Gasteiger partial charge < -0.3 is 15.0 Å². The average Bonchev–Trinajstić information content (AvgIpc) is 2.55. The summed E-state index contributed by atoms with van der Waals surface area (Å²) in [6.45, 7) is 5.21. The normalized spacial score (nSPS) is 16.3. The van der Waals surface area contributed by atoms with Crippen molar-refractivity contribution in [3.63, 3.8) is 0 Å². The van der Waals surface area contributed by atoms with Crippen LogP contribution in [0.2, 0.25) is 0 Å². The standard InChI is InChI=1S/C15H23N3O3S2/c1-13-3-5-14(6-4-13)23(19,20)18-10-8-17(9-11-18)15(22)16-7-12-21-2/h3-6H,7-12H2,1-2H3,(H,16,22). The van der Waals surface area contributed by atoms with Crippen molar-refractivity contribution >= 4 is 27.4 Å². The van der Waals surface area contributed by atoms with Gasteiger partial charge in [-0.1, -0.05) is 17.7 Å². The monoisotopic (exact) mass is 357 g/mol. The Kier molecular flexibility index (Phi) is 6.34. The van der Waals surface area contributed by atoms with Crippen LogP contribution in [0.1, 0.15) is 5.56 Å². The summed E-state index contributed by atoms with van der Waals surface area (Å²) in [6, 6.07) is 6.96. The third-order valence-corrected chi connectivity index (χ3v) is 6.08. The number of hydrogen-bond donors (Lipinski definition) is 1. The Bertz CT molecular complexity index is 624. The highest BCUT2D eigenvalue weighted by molar-refractivity contribution is 7.89. The number of rotatable bonds is 5. The molecule has 1 N–H and O–H groups in total. The zero-order valence-electron chi connectivity index (χ0n) is 13.5. The van der Waals surface area contributed by atoms with E-state index in [-0.39, 0.29) is 0 Å². The lowest BCUT2D eigenvalue weighted by Gasteiger charge is -2.35.